The minimum atomic E-state index is -1.13. The molecule has 2 amide bonds. The molecule has 5 rings (SSSR count). The summed E-state index contributed by atoms with van der Waals surface area (Å²) < 4.78 is 11.0. The van der Waals surface area contributed by atoms with Crippen LogP contribution in [0.15, 0.2) is 42.5 Å². The Morgan fingerprint density at radius 2 is 1.79 bits per heavy atom. The van der Waals surface area contributed by atoms with E-state index in [0.717, 1.165) is 5.56 Å². The third-order valence-corrected chi connectivity index (χ3v) is 6.12. The first-order valence-corrected chi connectivity index (χ1v) is 9.76. The number of hydrogen-bond acceptors (Lipinski definition) is 5. The molecule has 1 aliphatic carbocycles. The fourth-order valence-corrected chi connectivity index (χ4v) is 4.48. The molecule has 2 heterocycles. The minimum absolute atomic E-state index is 0.125. The van der Waals surface area contributed by atoms with Gasteiger partial charge in [0.1, 0.15) is 5.75 Å². The first-order chi connectivity index (χ1) is 14.1. The van der Waals surface area contributed by atoms with Gasteiger partial charge in [-0.3, -0.25) is 9.59 Å². The second kappa shape index (κ2) is 6.86. The van der Waals surface area contributed by atoms with Crippen molar-refractivity contribution in [1.29, 1.82) is 0 Å². The maximum absolute atomic E-state index is 12.9. The maximum atomic E-state index is 12.9. The van der Waals surface area contributed by atoms with E-state index < -0.39 is 12.2 Å². The van der Waals surface area contributed by atoms with E-state index in [0.29, 0.717) is 41.9 Å². The Hall–Kier alpha value is -2.90. The molecule has 1 saturated carbocycles. The van der Waals surface area contributed by atoms with Crippen molar-refractivity contribution < 1.29 is 24.2 Å². The summed E-state index contributed by atoms with van der Waals surface area (Å²) >= 11 is 0. The second-order valence-corrected chi connectivity index (χ2v) is 7.78. The number of hydrogen-bond donors (Lipinski definition) is 3. The van der Waals surface area contributed by atoms with Crippen LogP contribution >= 0.6 is 0 Å². The minimum Gasteiger partial charge on any atom is -0.463 e. The van der Waals surface area contributed by atoms with Crippen LogP contribution in [0.25, 0.3) is 0 Å². The highest BCUT2D eigenvalue weighted by atomic mass is 16.6. The van der Waals surface area contributed by atoms with Gasteiger partial charge in [-0.2, -0.15) is 0 Å². The predicted octanol–water partition coefficient (Wildman–Crippen LogP) is 1.26. The fraction of sp³-hybridized carbons (Fsp3) is 0.364. The third-order valence-electron chi connectivity index (χ3n) is 6.12. The zero-order valence-corrected chi connectivity index (χ0v) is 15.9. The Morgan fingerprint density at radius 3 is 2.48 bits per heavy atom. The molecule has 0 bridgehead atoms. The lowest BCUT2D eigenvalue weighted by molar-refractivity contribution is -0.00999. The molecular weight excluding hydrogens is 372 g/mol. The summed E-state index contributed by atoms with van der Waals surface area (Å²) in [5.41, 5.74) is 2.11. The number of carbonyl (C=O) groups is 2. The van der Waals surface area contributed by atoms with Gasteiger partial charge in [-0.25, -0.2) is 0 Å². The molecule has 2 aromatic carbocycles. The number of aliphatic hydroxyl groups is 1. The highest BCUT2D eigenvalue weighted by molar-refractivity contribution is 6.02. The average Bonchev–Trinajstić information content (AvgIpc) is 3.08. The van der Waals surface area contributed by atoms with Crippen LogP contribution in [0.1, 0.15) is 37.8 Å². The molecule has 150 valence electrons. The second-order valence-electron chi connectivity index (χ2n) is 7.78. The molecule has 0 spiro atoms. The molecule has 5 atom stereocenters. The molecule has 7 nitrogen and oxygen atoms in total. The van der Waals surface area contributed by atoms with E-state index in [1.54, 1.807) is 6.07 Å². The molecule has 3 N–H and O–H groups in total. The summed E-state index contributed by atoms with van der Waals surface area (Å²) in [5, 5.41) is 16.2. The van der Waals surface area contributed by atoms with Gasteiger partial charge in [-0.15, -0.1) is 0 Å². The van der Waals surface area contributed by atoms with Crippen molar-refractivity contribution >= 4 is 11.8 Å². The number of carbonyl (C=O) groups excluding carboxylic acids is 2. The first kappa shape index (κ1) is 18.1. The number of amides is 2. The predicted molar refractivity (Wildman–Crippen MR) is 104 cm³/mol. The Kier molecular flexibility index (Phi) is 4.29. The van der Waals surface area contributed by atoms with Gasteiger partial charge in [-0.05, 0) is 17.7 Å². The van der Waals surface area contributed by atoms with Crippen LogP contribution in [0.2, 0.25) is 0 Å². The van der Waals surface area contributed by atoms with Crippen LogP contribution in [0.5, 0.6) is 5.75 Å². The lowest BCUT2D eigenvalue weighted by atomic mass is 9.89. The number of ether oxygens (including phenoxy) is 2. The van der Waals surface area contributed by atoms with E-state index in [-0.39, 0.29) is 23.4 Å². The van der Waals surface area contributed by atoms with Crippen LogP contribution in [-0.2, 0) is 4.74 Å². The highest BCUT2D eigenvalue weighted by Gasteiger charge is 2.54. The number of nitrogens with one attached hydrogen (secondary N) is 2. The van der Waals surface area contributed by atoms with Crippen LogP contribution in [0.3, 0.4) is 0 Å². The maximum Gasteiger partial charge on any atom is 0.254 e. The molecule has 1 saturated heterocycles. The summed E-state index contributed by atoms with van der Waals surface area (Å²) in [5.74, 6) is 0.0112. The van der Waals surface area contributed by atoms with Gasteiger partial charge >= 0.3 is 0 Å². The Morgan fingerprint density at radius 1 is 1.07 bits per heavy atom. The number of rotatable bonds is 4. The van der Waals surface area contributed by atoms with Gasteiger partial charge in [0.25, 0.3) is 11.8 Å². The molecule has 0 aromatic heterocycles. The first-order valence-electron chi connectivity index (χ1n) is 9.76. The molecule has 1 unspecified atom stereocenters. The van der Waals surface area contributed by atoms with Crippen molar-refractivity contribution in [2.75, 3.05) is 20.3 Å². The zero-order valence-electron chi connectivity index (χ0n) is 15.9. The monoisotopic (exact) mass is 394 g/mol. The van der Waals surface area contributed by atoms with Crippen molar-refractivity contribution in [3.63, 3.8) is 0 Å². The number of benzene rings is 2. The lowest BCUT2D eigenvalue weighted by Gasteiger charge is -2.14. The lowest BCUT2D eigenvalue weighted by Crippen LogP contribution is -2.30. The topological polar surface area (TPSA) is 96.9 Å². The van der Waals surface area contributed by atoms with Gasteiger partial charge in [0.2, 0.25) is 6.29 Å². The van der Waals surface area contributed by atoms with Crippen LogP contribution in [0.4, 0.5) is 0 Å². The summed E-state index contributed by atoms with van der Waals surface area (Å²) in [4.78, 5) is 25.4. The van der Waals surface area contributed by atoms with Crippen LogP contribution < -0.4 is 15.4 Å². The summed E-state index contributed by atoms with van der Waals surface area (Å²) in [6.07, 6.45) is -1.13. The van der Waals surface area contributed by atoms with Crippen molar-refractivity contribution in [3.05, 3.63) is 64.7 Å². The van der Waals surface area contributed by atoms with E-state index in [1.165, 1.54) is 13.1 Å². The molecule has 0 radical (unpaired) electrons. The molecule has 2 aliphatic heterocycles. The van der Waals surface area contributed by atoms with Crippen LogP contribution in [0, 0.1) is 11.8 Å². The highest BCUT2D eigenvalue weighted by Crippen LogP contribution is 2.46. The normalized spacial score (nSPS) is 28.8. The van der Waals surface area contributed by atoms with Crippen LogP contribution in [-0.4, -0.2) is 49.5 Å². The number of aliphatic hydroxyl groups excluding tert-OH is 1. The van der Waals surface area contributed by atoms with Crippen molar-refractivity contribution in [3.8, 4) is 5.75 Å². The van der Waals surface area contributed by atoms with Gasteiger partial charge in [0.05, 0.1) is 24.7 Å². The largest absolute Gasteiger partial charge is 0.463 e. The standard InChI is InChI=1S/C22H22N2O5/c1-23-21(26)14-8-12(20(25)24-18-15-9-28-10-16(15)18)7-13-17(22(27)29-19(13)14)11-5-3-2-4-6-11/h2-8,15-18,22,27H,9-10H2,1H3,(H,23,26)(H,24,25)/t15-,16+,17-,18+,22?/m1/s1. The summed E-state index contributed by atoms with van der Waals surface area (Å²) in [6, 6.07) is 12.8. The molecule has 7 heteroatoms. The van der Waals surface area contributed by atoms with Gasteiger partial charge in [-0.1, -0.05) is 30.3 Å². The van der Waals surface area contributed by atoms with E-state index >= 15 is 0 Å². The third kappa shape index (κ3) is 2.97. The average molecular weight is 394 g/mol. The SMILES string of the molecule is CNC(=O)c1cc(C(=O)N[C@H]2[C@@H]3COC[C@@H]32)cc2c1OC(O)[C@@H]2c1ccccc1. The molecular formula is C22H22N2O5. The smallest absolute Gasteiger partial charge is 0.254 e. The molecule has 2 aromatic rings. The van der Waals surface area contributed by atoms with Crippen molar-refractivity contribution in [1.82, 2.24) is 10.6 Å². The van der Waals surface area contributed by atoms with Gasteiger partial charge in [0, 0.05) is 36.1 Å². The van der Waals surface area contributed by atoms with Crippen molar-refractivity contribution in [2.45, 2.75) is 18.2 Å². The Bertz CT molecular complexity index is 967. The quantitative estimate of drug-likeness (QED) is 0.726. The summed E-state index contributed by atoms with van der Waals surface area (Å²) in [7, 11) is 1.52. The van der Waals surface area contributed by atoms with Gasteiger partial charge < -0.3 is 25.2 Å². The molecule has 3 aliphatic rings. The zero-order chi connectivity index (χ0) is 20.1. The molecule has 2 fully saturated rings. The van der Waals surface area contributed by atoms with E-state index in [1.807, 2.05) is 30.3 Å². The van der Waals surface area contributed by atoms with E-state index in [9.17, 15) is 14.7 Å². The number of fused-ring (bicyclic) bond motifs is 2. The van der Waals surface area contributed by atoms with Gasteiger partial charge in [0.15, 0.2) is 0 Å². The molecule has 29 heavy (non-hydrogen) atoms. The summed E-state index contributed by atoms with van der Waals surface area (Å²) in [6.45, 7) is 1.36. The van der Waals surface area contributed by atoms with Crippen molar-refractivity contribution in [2.24, 2.45) is 11.8 Å². The van der Waals surface area contributed by atoms with E-state index in [4.69, 9.17) is 9.47 Å². The van der Waals surface area contributed by atoms with E-state index in [2.05, 4.69) is 10.6 Å². The Balaban J connectivity index is 1.53. The fourth-order valence-electron chi connectivity index (χ4n) is 4.48. The Labute approximate surface area is 168 Å².